The Morgan fingerprint density at radius 2 is 1.29 bits per heavy atom. The van der Waals surface area contributed by atoms with Gasteiger partial charge in [0.2, 0.25) is 0 Å². The van der Waals surface area contributed by atoms with Crippen molar-refractivity contribution in [2.75, 3.05) is 19.8 Å². The topological polar surface area (TPSA) is 61.5 Å². The summed E-state index contributed by atoms with van der Waals surface area (Å²) in [6, 6.07) is 0. The summed E-state index contributed by atoms with van der Waals surface area (Å²) in [4.78, 5) is 10.7. The van der Waals surface area contributed by atoms with Crippen LogP contribution >= 0.6 is 0 Å². The van der Waals surface area contributed by atoms with Gasteiger partial charge in [-0.05, 0) is 25.8 Å². The zero-order chi connectivity index (χ0) is 13.4. The maximum absolute atomic E-state index is 10.7. The van der Waals surface area contributed by atoms with Crippen LogP contribution in [0.15, 0.2) is 0 Å². The Balaban J connectivity index is 0. The largest absolute Gasteiger partial charge is 0.508 e. The first-order valence-corrected chi connectivity index (χ1v) is 6.72. The van der Waals surface area contributed by atoms with Crippen LogP contribution in [0.3, 0.4) is 0 Å². The van der Waals surface area contributed by atoms with Crippen molar-refractivity contribution in [3.63, 3.8) is 0 Å². The number of rotatable bonds is 8. The lowest BCUT2D eigenvalue weighted by molar-refractivity contribution is 0.0536. The molecule has 17 heavy (non-hydrogen) atoms. The van der Waals surface area contributed by atoms with Crippen LogP contribution < -0.4 is 5.73 Å². The molecule has 2 N–H and O–H groups in total. The van der Waals surface area contributed by atoms with Gasteiger partial charge in [0.25, 0.3) is 0 Å². The van der Waals surface area contributed by atoms with E-state index >= 15 is 0 Å². The van der Waals surface area contributed by atoms with Crippen LogP contribution in [0.2, 0.25) is 0 Å². The first-order valence-electron chi connectivity index (χ1n) is 6.72. The van der Waals surface area contributed by atoms with E-state index in [9.17, 15) is 4.79 Å². The fourth-order valence-electron chi connectivity index (χ4n) is 0.845. The second kappa shape index (κ2) is 17.6. The molecule has 0 heterocycles. The van der Waals surface area contributed by atoms with E-state index in [0.29, 0.717) is 13.2 Å². The molecule has 0 aliphatic carbocycles. The molecule has 0 aromatic carbocycles. The highest BCUT2D eigenvalue weighted by Crippen LogP contribution is 1.93. The smallest absolute Gasteiger partial charge is 0.434 e. The van der Waals surface area contributed by atoms with Crippen LogP contribution in [0.5, 0.6) is 0 Å². The molecule has 4 heteroatoms. The van der Waals surface area contributed by atoms with Gasteiger partial charge in [0.1, 0.15) is 0 Å². The Morgan fingerprint density at radius 3 is 1.53 bits per heavy atom. The van der Waals surface area contributed by atoms with Gasteiger partial charge in [0.15, 0.2) is 0 Å². The summed E-state index contributed by atoms with van der Waals surface area (Å²) in [5.41, 5.74) is 5.14. The molecule has 0 unspecified atom stereocenters. The van der Waals surface area contributed by atoms with Crippen LogP contribution in [0.4, 0.5) is 4.79 Å². The number of ether oxygens (including phenoxy) is 2. The minimum atomic E-state index is -0.531. The summed E-state index contributed by atoms with van der Waals surface area (Å²) in [5.74, 6) is 0. The molecule has 0 radical (unpaired) electrons. The molecule has 0 atom stereocenters. The van der Waals surface area contributed by atoms with Crippen LogP contribution in [0, 0.1) is 0 Å². The summed E-state index contributed by atoms with van der Waals surface area (Å²) in [6.07, 6.45) is 5.73. The molecule has 0 saturated carbocycles. The Bertz CT molecular complexity index is 138. The Morgan fingerprint density at radius 1 is 0.882 bits per heavy atom. The Labute approximate surface area is 106 Å². The van der Waals surface area contributed by atoms with Gasteiger partial charge in [-0.2, -0.15) is 0 Å². The Kier molecular flexibility index (Phi) is 19.3. The third-order valence-corrected chi connectivity index (χ3v) is 1.99. The van der Waals surface area contributed by atoms with Crippen molar-refractivity contribution in [2.24, 2.45) is 5.73 Å². The second-order valence-electron chi connectivity index (χ2n) is 3.80. The first-order chi connectivity index (χ1) is 8.22. The second-order valence-corrected chi connectivity index (χ2v) is 3.80. The van der Waals surface area contributed by atoms with Crippen molar-refractivity contribution in [3.05, 3.63) is 0 Å². The van der Waals surface area contributed by atoms with Gasteiger partial charge in [-0.15, -0.1) is 0 Å². The van der Waals surface area contributed by atoms with E-state index in [-0.39, 0.29) is 0 Å². The zero-order valence-corrected chi connectivity index (χ0v) is 11.7. The molecular weight excluding hydrogens is 218 g/mol. The molecule has 0 aliphatic rings. The molecule has 0 rings (SSSR count). The van der Waals surface area contributed by atoms with E-state index < -0.39 is 6.16 Å². The highest BCUT2D eigenvalue weighted by atomic mass is 16.7. The minimum Gasteiger partial charge on any atom is -0.434 e. The summed E-state index contributed by atoms with van der Waals surface area (Å²) in [6.45, 7) is 8.02. The molecule has 0 amide bonds. The van der Waals surface area contributed by atoms with Gasteiger partial charge >= 0.3 is 6.16 Å². The minimum absolute atomic E-state index is 0.474. The molecule has 0 saturated heterocycles. The summed E-state index contributed by atoms with van der Waals surface area (Å²) in [7, 11) is 0. The highest BCUT2D eigenvalue weighted by molar-refractivity contribution is 5.59. The van der Waals surface area contributed by atoms with Gasteiger partial charge in [0.05, 0.1) is 13.2 Å². The third-order valence-electron chi connectivity index (χ3n) is 1.99. The van der Waals surface area contributed by atoms with Crippen molar-refractivity contribution in [1.29, 1.82) is 0 Å². The van der Waals surface area contributed by atoms with E-state index in [1.54, 1.807) is 0 Å². The molecule has 0 aromatic rings. The van der Waals surface area contributed by atoms with Crippen molar-refractivity contribution in [1.82, 2.24) is 0 Å². The molecular formula is C13H29NO3. The quantitative estimate of drug-likeness (QED) is 0.527. The van der Waals surface area contributed by atoms with Crippen molar-refractivity contribution in [2.45, 2.75) is 59.3 Å². The van der Waals surface area contributed by atoms with E-state index in [1.165, 1.54) is 12.8 Å². The average Bonchev–Trinajstić information content (AvgIpc) is 2.32. The van der Waals surface area contributed by atoms with Gasteiger partial charge in [-0.25, -0.2) is 4.79 Å². The number of carbonyl (C=O) groups excluding carboxylic acids is 1. The van der Waals surface area contributed by atoms with Gasteiger partial charge in [-0.3, -0.25) is 0 Å². The van der Waals surface area contributed by atoms with E-state index in [1.807, 2.05) is 13.8 Å². The maximum atomic E-state index is 10.7. The van der Waals surface area contributed by atoms with Crippen molar-refractivity contribution < 1.29 is 14.3 Å². The number of unbranched alkanes of at least 4 members (excludes halogenated alkanes) is 3. The van der Waals surface area contributed by atoms with Crippen molar-refractivity contribution in [3.8, 4) is 0 Å². The monoisotopic (exact) mass is 247 g/mol. The molecule has 0 spiro atoms. The summed E-state index contributed by atoms with van der Waals surface area (Å²) >= 11 is 0. The number of nitrogens with two attached hydrogens (primary N) is 1. The van der Waals surface area contributed by atoms with E-state index in [4.69, 9.17) is 15.2 Å². The lowest BCUT2D eigenvalue weighted by Gasteiger charge is -2.04. The number of hydrogen-bond donors (Lipinski definition) is 1. The van der Waals surface area contributed by atoms with Crippen LogP contribution in [-0.4, -0.2) is 25.9 Å². The molecule has 0 fully saturated rings. The zero-order valence-electron chi connectivity index (χ0n) is 11.7. The number of hydrogen-bond acceptors (Lipinski definition) is 4. The average molecular weight is 247 g/mol. The molecule has 0 aliphatic heterocycles. The lowest BCUT2D eigenvalue weighted by Crippen LogP contribution is -2.09. The Hall–Kier alpha value is -0.770. The van der Waals surface area contributed by atoms with E-state index in [0.717, 1.165) is 32.2 Å². The molecule has 4 nitrogen and oxygen atoms in total. The SMILES string of the molecule is CCCCN.CCCCOC(=O)OCCCC. The fraction of sp³-hybridized carbons (Fsp3) is 0.923. The summed E-state index contributed by atoms with van der Waals surface area (Å²) in [5, 5.41) is 0. The summed E-state index contributed by atoms with van der Waals surface area (Å²) < 4.78 is 9.54. The predicted octanol–water partition coefficient (Wildman–Crippen LogP) is 3.49. The lowest BCUT2D eigenvalue weighted by atomic mass is 10.3. The van der Waals surface area contributed by atoms with Gasteiger partial charge in [-0.1, -0.05) is 40.0 Å². The van der Waals surface area contributed by atoms with Crippen LogP contribution in [0.1, 0.15) is 59.3 Å². The van der Waals surface area contributed by atoms with Gasteiger partial charge < -0.3 is 15.2 Å². The fourth-order valence-corrected chi connectivity index (χ4v) is 0.845. The van der Waals surface area contributed by atoms with Crippen LogP contribution in [0.25, 0.3) is 0 Å². The highest BCUT2D eigenvalue weighted by Gasteiger charge is 2.00. The van der Waals surface area contributed by atoms with Gasteiger partial charge in [0, 0.05) is 0 Å². The number of carbonyl (C=O) groups is 1. The predicted molar refractivity (Wildman–Crippen MR) is 71.1 cm³/mol. The first kappa shape index (κ1) is 18.6. The molecule has 0 bridgehead atoms. The normalized spacial score (nSPS) is 9.18. The standard InChI is InChI=1S/C9H18O3.C4H11N/c1-3-5-7-11-9(10)12-8-6-4-2;1-2-3-4-5/h3-8H2,1-2H3;2-5H2,1H3. The molecule has 0 aromatic heterocycles. The van der Waals surface area contributed by atoms with Crippen LogP contribution in [-0.2, 0) is 9.47 Å². The molecule has 104 valence electrons. The van der Waals surface area contributed by atoms with Crippen molar-refractivity contribution >= 4 is 6.16 Å². The maximum Gasteiger partial charge on any atom is 0.508 e. The van der Waals surface area contributed by atoms with E-state index in [2.05, 4.69) is 6.92 Å². The third kappa shape index (κ3) is 21.1.